The third-order valence-electron chi connectivity index (χ3n) is 3.43. The highest BCUT2D eigenvalue weighted by Gasteiger charge is 2.22. The minimum absolute atomic E-state index is 0.221. The highest BCUT2D eigenvalue weighted by Crippen LogP contribution is 2.28. The summed E-state index contributed by atoms with van der Waals surface area (Å²) in [5.74, 6) is 0.963. The number of benzene rings is 1. The summed E-state index contributed by atoms with van der Waals surface area (Å²) in [7, 11) is 3.00. The van der Waals surface area contributed by atoms with Gasteiger partial charge in [-0.2, -0.15) is 0 Å². The van der Waals surface area contributed by atoms with E-state index in [1.165, 1.54) is 25.6 Å². The summed E-state index contributed by atoms with van der Waals surface area (Å²) in [6.45, 7) is 1.66. The lowest BCUT2D eigenvalue weighted by Crippen LogP contribution is -2.11. The lowest BCUT2D eigenvalue weighted by Gasteiger charge is -2.12. The SMILES string of the molecule is COc1ccc(OC)c(C(=O)O[C@@H](C)c2nnc(-c3cccs3)o2)c1. The third kappa shape index (κ3) is 3.63. The van der Waals surface area contributed by atoms with Crippen LogP contribution in [0.2, 0.25) is 0 Å². The molecule has 3 rings (SSSR count). The number of rotatable bonds is 6. The van der Waals surface area contributed by atoms with Gasteiger partial charge in [0.05, 0.1) is 19.1 Å². The van der Waals surface area contributed by atoms with Crippen LogP contribution in [0.4, 0.5) is 0 Å². The molecule has 0 N–H and O–H groups in total. The molecule has 7 nitrogen and oxygen atoms in total. The van der Waals surface area contributed by atoms with Crippen LogP contribution in [-0.2, 0) is 4.74 Å². The van der Waals surface area contributed by atoms with E-state index in [1.54, 1.807) is 25.1 Å². The van der Waals surface area contributed by atoms with E-state index in [2.05, 4.69) is 10.2 Å². The van der Waals surface area contributed by atoms with E-state index in [0.717, 1.165) is 4.88 Å². The van der Waals surface area contributed by atoms with Crippen LogP contribution in [0.1, 0.15) is 29.3 Å². The molecule has 0 fully saturated rings. The zero-order valence-corrected chi connectivity index (χ0v) is 14.7. The van der Waals surface area contributed by atoms with Crippen molar-refractivity contribution in [1.29, 1.82) is 0 Å². The van der Waals surface area contributed by atoms with Crippen LogP contribution in [-0.4, -0.2) is 30.4 Å². The number of methoxy groups -OCH3 is 2. The maximum Gasteiger partial charge on any atom is 0.342 e. The number of esters is 1. The first-order valence-corrected chi connectivity index (χ1v) is 8.30. The summed E-state index contributed by atoms with van der Waals surface area (Å²) in [6, 6.07) is 8.66. The second kappa shape index (κ2) is 7.35. The van der Waals surface area contributed by atoms with Gasteiger partial charge in [0.1, 0.15) is 17.1 Å². The van der Waals surface area contributed by atoms with E-state index >= 15 is 0 Å². The summed E-state index contributed by atoms with van der Waals surface area (Å²) in [5, 5.41) is 9.85. The molecule has 0 aliphatic heterocycles. The Labute approximate surface area is 148 Å². The molecule has 0 saturated carbocycles. The first-order chi connectivity index (χ1) is 12.1. The smallest absolute Gasteiger partial charge is 0.342 e. The van der Waals surface area contributed by atoms with Crippen molar-refractivity contribution in [2.24, 2.45) is 0 Å². The van der Waals surface area contributed by atoms with Gasteiger partial charge in [0.25, 0.3) is 11.8 Å². The molecule has 8 heteroatoms. The van der Waals surface area contributed by atoms with Crippen LogP contribution < -0.4 is 9.47 Å². The van der Waals surface area contributed by atoms with E-state index in [4.69, 9.17) is 18.6 Å². The molecule has 0 unspecified atom stereocenters. The summed E-state index contributed by atoms with van der Waals surface area (Å²) in [5.41, 5.74) is 0.256. The van der Waals surface area contributed by atoms with E-state index in [0.29, 0.717) is 17.4 Å². The minimum Gasteiger partial charge on any atom is -0.497 e. The summed E-state index contributed by atoms with van der Waals surface area (Å²) in [4.78, 5) is 13.3. The van der Waals surface area contributed by atoms with Crippen molar-refractivity contribution in [3.8, 4) is 22.3 Å². The normalized spacial score (nSPS) is 11.8. The zero-order valence-electron chi connectivity index (χ0n) is 13.9. The predicted molar refractivity (Wildman–Crippen MR) is 91.0 cm³/mol. The monoisotopic (exact) mass is 360 g/mol. The molecular weight excluding hydrogens is 344 g/mol. The third-order valence-corrected chi connectivity index (χ3v) is 4.29. The second-order valence-corrected chi connectivity index (χ2v) is 5.98. The Hall–Kier alpha value is -2.87. The average molecular weight is 360 g/mol. The van der Waals surface area contributed by atoms with Crippen molar-refractivity contribution in [3.63, 3.8) is 0 Å². The van der Waals surface area contributed by atoms with Gasteiger partial charge in [-0.3, -0.25) is 0 Å². The Balaban J connectivity index is 1.77. The summed E-state index contributed by atoms with van der Waals surface area (Å²) in [6.07, 6.45) is -0.704. The first-order valence-electron chi connectivity index (χ1n) is 7.42. The largest absolute Gasteiger partial charge is 0.497 e. The number of thiophene rings is 1. The van der Waals surface area contributed by atoms with Crippen molar-refractivity contribution < 1.29 is 23.4 Å². The fourth-order valence-electron chi connectivity index (χ4n) is 2.15. The van der Waals surface area contributed by atoms with Crippen molar-refractivity contribution in [2.75, 3.05) is 14.2 Å². The van der Waals surface area contributed by atoms with Crippen molar-refractivity contribution in [2.45, 2.75) is 13.0 Å². The van der Waals surface area contributed by atoms with Gasteiger partial charge in [-0.1, -0.05) is 6.07 Å². The Morgan fingerprint density at radius 2 is 2.04 bits per heavy atom. The number of ether oxygens (including phenoxy) is 3. The quantitative estimate of drug-likeness (QED) is 0.619. The molecule has 0 amide bonds. The van der Waals surface area contributed by atoms with E-state index in [-0.39, 0.29) is 11.5 Å². The second-order valence-electron chi connectivity index (χ2n) is 5.04. The van der Waals surface area contributed by atoms with Gasteiger partial charge in [-0.15, -0.1) is 21.5 Å². The van der Waals surface area contributed by atoms with Gasteiger partial charge in [-0.25, -0.2) is 4.79 Å². The van der Waals surface area contributed by atoms with E-state index < -0.39 is 12.1 Å². The molecule has 25 heavy (non-hydrogen) atoms. The molecular formula is C17H16N2O5S. The highest BCUT2D eigenvalue weighted by atomic mass is 32.1. The number of hydrogen-bond acceptors (Lipinski definition) is 8. The predicted octanol–water partition coefficient (Wildman–Crippen LogP) is 3.73. The minimum atomic E-state index is -0.704. The van der Waals surface area contributed by atoms with Gasteiger partial charge in [0, 0.05) is 0 Å². The van der Waals surface area contributed by atoms with Gasteiger partial charge >= 0.3 is 5.97 Å². The molecule has 1 atom stereocenters. The van der Waals surface area contributed by atoms with Crippen LogP contribution in [0.15, 0.2) is 40.1 Å². The summed E-state index contributed by atoms with van der Waals surface area (Å²) < 4.78 is 21.3. The molecule has 3 aromatic rings. The van der Waals surface area contributed by atoms with Gasteiger partial charge in [-0.05, 0) is 36.6 Å². The van der Waals surface area contributed by atoms with Crippen LogP contribution in [0.3, 0.4) is 0 Å². The van der Waals surface area contributed by atoms with Gasteiger partial charge < -0.3 is 18.6 Å². The van der Waals surface area contributed by atoms with Crippen LogP contribution >= 0.6 is 11.3 Å². The summed E-state index contributed by atoms with van der Waals surface area (Å²) >= 11 is 1.49. The molecule has 0 saturated heterocycles. The first kappa shape index (κ1) is 17.0. The highest BCUT2D eigenvalue weighted by molar-refractivity contribution is 7.13. The van der Waals surface area contributed by atoms with Crippen molar-refractivity contribution in [1.82, 2.24) is 10.2 Å². The molecule has 0 radical (unpaired) electrons. The molecule has 1 aromatic carbocycles. The standard InChI is InChI=1S/C17H16N2O5S/c1-10(15-18-19-16(24-15)14-5-4-8-25-14)23-17(20)12-9-11(21-2)6-7-13(12)22-3/h4-10H,1-3H3/t10-/m0/s1. The topological polar surface area (TPSA) is 83.7 Å². The fraction of sp³-hybridized carbons (Fsp3) is 0.235. The lowest BCUT2D eigenvalue weighted by atomic mass is 10.2. The zero-order chi connectivity index (χ0) is 17.8. The van der Waals surface area contributed by atoms with Crippen molar-refractivity contribution in [3.05, 3.63) is 47.2 Å². The number of nitrogens with zero attached hydrogens (tertiary/aromatic N) is 2. The Morgan fingerprint density at radius 1 is 1.20 bits per heavy atom. The Bertz CT molecular complexity index is 860. The van der Waals surface area contributed by atoms with E-state index in [1.807, 2.05) is 17.5 Å². The number of carbonyl (C=O) groups excluding carboxylic acids is 1. The Kier molecular flexibility index (Phi) is 4.99. The maximum atomic E-state index is 12.5. The average Bonchev–Trinajstić information content (AvgIpc) is 3.32. The van der Waals surface area contributed by atoms with E-state index in [9.17, 15) is 4.79 Å². The number of carbonyl (C=O) groups is 1. The molecule has 0 aliphatic carbocycles. The maximum absolute atomic E-state index is 12.5. The van der Waals surface area contributed by atoms with Gasteiger partial charge in [0.2, 0.25) is 0 Å². The Morgan fingerprint density at radius 3 is 2.72 bits per heavy atom. The van der Waals surface area contributed by atoms with Crippen LogP contribution in [0, 0.1) is 0 Å². The molecule has 0 aliphatic rings. The number of aromatic nitrogens is 2. The van der Waals surface area contributed by atoms with Crippen molar-refractivity contribution >= 4 is 17.3 Å². The fourth-order valence-corrected chi connectivity index (χ4v) is 2.79. The van der Waals surface area contributed by atoms with Crippen LogP contribution in [0.5, 0.6) is 11.5 Å². The number of hydrogen-bond donors (Lipinski definition) is 0. The lowest BCUT2D eigenvalue weighted by molar-refractivity contribution is 0.0276. The molecule has 2 aromatic heterocycles. The molecule has 2 heterocycles. The molecule has 0 spiro atoms. The molecule has 130 valence electrons. The van der Waals surface area contributed by atoms with Crippen LogP contribution in [0.25, 0.3) is 10.8 Å². The van der Waals surface area contributed by atoms with Gasteiger partial charge in [0.15, 0.2) is 6.10 Å². The molecule has 0 bridgehead atoms.